The minimum Gasteiger partial charge on any atom is -0.497 e. The minimum atomic E-state index is -0.699. The first-order chi connectivity index (χ1) is 16.1. The fraction of sp³-hybridized carbons (Fsp3) is 0.259. The van der Waals surface area contributed by atoms with Crippen LogP contribution in [0.25, 0.3) is 0 Å². The highest BCUT2D eigenvalue weighted by Crippen LogP contribution is 2.20. The number of carbonyl (C=O) groups is 2. The van der Waals surface area contributed by atoms with Crippen molar-refractivity contribution in [1.29, 1.82) is 0 Å². The molecular weight excluding hydrogens is 416 g/mol. The highest BCUT2D eigenvalue weighted by atomic mass is 16.5. The zero-order chi connectivity index (χ0) is 23.0. The number of hydrogen-bond donors (Lipinski definition) is 1. The Morgan fingerprint density at radius 1 is 0.818 bits per heavy atom. The van der Waals surface area contributed by atoms with Gasteiger partial charge in [0.25, 0.3) is 0 Å². The van der Waals surface area contributed by atoms with Crippen LogP contribution in [0.1, 0.15) is 16.7 Å². The van der Waals surface area contributed by atoms with Crippen molar-refractivity contribution in [3.63, 3.8) is 0 Å². The summed E-state index contributed by atoms with van der Waals surface area (Å²) in [5, 5.41) is 2.92. The van der Waals surface area contributed by atoms with Crippen LogP contribution in [-0.2, 0) is 33.9 Å². The molecule has 0 unspecified atom stereocenters. The number of nitrogens with one attached hydrogen (secondary N) is 1. The average molecular weight is 445 g/mol. The van der Waals surface area contributed by atoms with Gasteiger partial charge in [-0.2, -0.15) is 0 Å². The van der Waals surface area contributed by atoms with Crippen LogP contribution in [0, 0.1) is 0 Å². The van der Waals surface area contributed by atoms with E-state index in [0.29, 0.717) is 19.6 Å². The normalized spacial score (nSPS) is 18.2. The maximum Gasteiger partial charge on any atom is 0.246 e. The van der Waals surface area contributed by atoms with Crippen LogP contribution in [0.5, 0.6) is 5.75 Å². The maximum absolute atomic E-state index is 13.5. The summed E-state index contributed by atoms with van der Waals surface area (Å²) in [5.74, 6) is 0.436. The van der Waals surface area contributed by atoms with Gasteiger partial charge in [0, 0.05) is 13.0 Å². The predicted octanol–water partition coefficient (Wildman–Crippen LogP) is 3.35. The predicted molar refractivity (Wildman–Crippen MR) is 126 cm³/mol. The Bertz CT molecular complexity index is 1050. The molecule has 1 saturated heterocycles. The molecule has 1 heterocycles. The van der Waals surface area contributed by atoms with E-state index in [0.717, 1.165) is 22.4 Å². The van der Waals surface area contributed by atoms with Gasteiger partial charge >= 0.3 is 0 Å². The molecule has 1 aliphatic rings. The largest absolute Gasteiger partial charge is 0.497 e. The third-order valence-corrected chi connectivity index (χ3v) is 5.76. The van der Waals surface area contributed by atoms with Gasteiger partial charge < -0.3 is 19.7 Å². The summed E-state index contributed by atoms with van der Waals surface area (Å²) in [5.41, 5.74) is 2.94. The Balaban J connectivity index is 1.51. The van der Waals surface area contributed by atoms with Crippen LogP contribution < -0.4 is 10.1 Å². The SMILES string of the molecule is COc1ccc(CN2C(=O)[C@H](Cc3ccccc3)NC(=O)[C@@H]2COCc2ccccc2)cc1. The lowest BCUT2D eigenvalue weighted by molar-refractivity contribution is -0.152. The molecule has 0 spiro atoms. The summed E-state index contributed by atoms with van der Waals surface area (Å²) < 4.78 is 11.1. The van der Waals surface area contributed by atoms with E-state index in [1.807, 2.05) is 84.9 Å². The topological polar surface area (TPSA) is 67.9 Å². The van der Waals surface area contributed by atoms with Crippen molar-refractivity contribution >= 4 is 11.8 Å². The number of methoxy groups -OCH3 is 1. The van der Waals surface area contributed by atoms with E-state index in [9.17, 15) is 9.59 Å². The third-order valence-electron chi connectivity index (χ3n) is 5.76. The molecule has 0 aliphatic carbocycles. The maximum atomic E-state index is 13.5. The number of carbonyl (C=O) groups excluding carboxylic acids is 2. The molecule has 0 radical (unpaired) electrons. The van der Waals surface area contributed by atoms with Crippen LogP contribution in [0.2, 0.25) is 0 Å². The van der Waals surface area contributed by atoms with E-state index in [4.69, 9.17) is 9.47 Å². The molecule has 170 valence electrons. The molecule has 6 heteroatoms. The molecule has 1 fully saturated rings. The zero-order valence-corrected chi connectivity index (χ0v) is 18.6. The summed E-state index contributed by atoms with van der Waals surface area (Å²) in [4.78, 5) is 28.2. The number of hydrogen-bond acceptors (Lipinski definition) is 4. The fourth-order valence-corrected chi connectivity index (χ4v) is 3.96. The van der Waals surface area contributed by atoms with Crippen LogP contribution in [-0.4, -0.2) is 42.5 Å². The van der Waals surface area contributed by atoms with E-state index in [1.165, 1.54) is 0 Å². The first-order valence-electron chi connectivity index (χ1n) is 11.0. The summed E-state index contributed by atoms with van der Waals surface area (Å²) in [6, 6.07) is 25.7. The van der Waals surface area contributed by atoms with Crippen molar-refractivity contribution in [3.8, 4) is 5.75 Å². The Morgan fingerprint density at radius 3 is 2.09 bits per heavy atom. The number of piperazine rings is 1. The highest BCUT2D eigenvalue weighted by Gasteiger charge is 2.40. The molecule has 0 saturated carbocycles. The van der Waals surface area contributed by atoms with Crippen molar-refractivity contribution in [2.45, 2.75) is 31.7 Å². The summed E-state index contributed by atoms with van der Waals surface area (Å²) in [6.07, 6.45) is 0.447. The third kappa shape index (κ3) is 5.79. The smallest absolute Gasteiger partial charge is 0.246 e. The molecule has 2 amide bonds. The minimum absolute atomic E-state index is 0.109. The van der Waals surface area contributed by atoms with Crippen LogP contribution in [0.4, 0.5) is 0 Å². The van der Waals surface area contributed by atoms with Crippen LogP contribution >= 0.6 is 0 Å². The number of amides is 2. The molecule has 33 heavy (non-hydrogen) atoms. The fourth-order valence-electron chi connectivity index (χ4n) is 3.96. The Labute approximate surface area is 194 Å². The number of benzene rings is 3. The van der Waals surface area contributed by atoms with Gasteiger partial charge in [0.2, 0.25) is 11.8 Å². The molecule has 6 nitrogen and oxygen atoms in total. The standard InChI is InChI=1S/C27H28N2O4/c1-32-23-14-12-21(13-15-23)17-29-25(19-33-18-22-10-6-3-7-11-22)26(30)28-24(27(29)31)16-20-8-4-2-5-9-20/h2-15,24-25H,16-19H2,1H3,(H,28,30)/t24-,25-/m0/s1. The first kappa shape index (κ1) is 22.6. The van der Waals surface area contributed by atoms with Crippen molar-refractivity contribution in [1.82, 2.24) is 10.2 Å². The van der Waals surface area contributed by atoms with Crippen LogP contribution in [0.3, 0.4) is 0 Å². The summed E-state index contributed by atoms with van der Waals surface area (Å²) >= 11 is 0. The molecule has 3 aromatic rings. The average Bonchev–Trinajstić information content (AvgIpc) is 2.85. The molecule has 1 aliphatic heterocycles. The van der Waals surface area contributed by atoms with Gasteiger partial charge in [-0.25, -0.2) is 0 Å². The lowest BCUT2D eigenvalue weighted by atomic mass is 9.99. The molecule has 2 atom stereocenters. The van der Waals surface area contributed by atoms with Gasteiger partial charge in [0.15, 0.2) is 0 Å². The van der Waals surface area contributed by atoms with E-state index in [2.05, 4.69) is 5.32 Å². The lowest BCUT2D eigenvalue weighted by Gasteiger charge is -2.39. The number of rotatable bonds is 9. The molecule has 0 bridgehead atoms. The molecule has 4 rings (SSSR count). The molecular formula is C27H28N2O4. The number of ether oxygens (including phenoxy) is 2. The van der Waals surface area contributed by atoms with E-state index >= 15 is 0 Å². The lowest BCUT2D eigenvalue weighted by Crippen LogP contribution is -2.64. The second kappa shape index (κ2) is 10.8. The van der Waals surface area contributed by atoms with E-state index in [1.54, 1.807) is 12.0 Å². The highest BCUT2D eigenvalue weighted by molar-refractivity contribution is 5.97. The van der Waals surface area contributed by atoms with E-state index in [-0.39, 0.29) is 18.4 Å². The Morgan fingerprint density at radius 2 is 1.45 bits per heavy atom. The first-order valence-corrected chi connectivity index (χ1v) is 11.0. The second-order valence-electron chi connectivity index (χ2n) is 8.08. The van der Waals surface area contributed by atoms with Crippen molar-refractivity contribution in [2.24, 2.45) is 0 Å². The van der Waals surface area contributed by atoms with E-state index < -0.39 is 12.1 Å². The quantitative estimate of drug-likeness (QED) is 0.550. The van der Waals surface area contributed by atoms with Crippen molar-refractivity contribution < 1.29 is 19.1 Å². The van der Waals surface area contributed by atoms with Gasteiger partial charge in [0.05, 0.1) is 20.3 Å². The summed E-state index contributed by atoms with van der Waals surface area (Å²) in [7, 11) is 1.61. The summed E-state index contributed by atoms with van der Waals surface area (Å²) in [6.45, 7) is 0.824. The Kier molecular flexibility index (Phi) is 7.37. The van der Waals surface area contributed by atoms with Crippen LogP contribution in [0.15, 0.2) is 84.9 Å². The van der Waals surface area contributed by atoms with Gasteiger partial charge in [-0.3, -0.25) is 9.59 Å². The van der Waals surface area contributed by atoms with Gasteiger partial charge in [-0.05, 0) is 28.8 Å². The zero-order valence-electron chi connectivity index (χ0n) is 18.6. The van der Waals surface area contributed by atoms with Crippen molar-refractivity contribution in [2.75, 3.05) is 13.7 Å². The molecule has 1 N–H and O–H groups in total. The Hall–Kier alpha value is -3.64. The monoisotopic (exact) mass is 444 g/mol. The van der Waals surface area contributed by atoms with Gasteiger partial charge in [-0.15, -0.1) is 0 Å². The van der Waals surface area contributed by atoms with Crippen molar-refractivity contribution in [3.05, 3.63) is 102 Å². The van der Waals surface area contributed by atoms with Gasteiger partial charge in [-0.1, -0.05) is 72.8 Å². The number of nitrogens with zero attached hydrogens (tertiary/aromatic N) is 1. The van der Waals surface area contributed by atoms with Gasteiger partial charge in [0.1, 0.15) is 17.8 Å². The second-order valence-corrected chi connectivity index (χ2v) is 8.08. The molecule has 0 aromatic heterocycles. The molecule has 3 aromatic carbocycles.